The van der Waals surface area contributed by atoms with Crippen LogP contribution < -0.4 is 5.32 Å². The average Bonchev–Trinajstić information content (AvgIpc) is 2.67. The number of aliphatic hydroxyl groups is 2. The highest BCUT2D eigenvalue weighted by molar-refractivity contribution is 6.24. The number of alkyl halides is 1. The first-order valence-electron chi connectivity index (χ1n) is 10.3. The smallest absolute Gasteiger partial charge is 0.244 e. The molecule has 2 aliphatic rings. The van der Waals surface area contributed by atoms with E-state index in [2.05, 4.69) is 17.5 Å². The molecule has 1 amide bonds. The van der Waals surface area contributed by atoms with E-state index < -0.39 is 40.6 Å². The van der Waals surface area contributed by atoms with Crippen molar-refractivity contribution in [2.45, 2.75) is 87.7 Å². The number of amides is 1. The number of carbonyl (C=O) groups excluding carboxylic acids is 2. The maximum absolute atomic E-state index is 12.3. The first kappa shape index (κ1) is 23.8. The van der Waals surface area contributed by atoms with Gasteiger partial charge in [0.25, 0.3) is 0 Å². The van der Waals surface area contributed by atoms with E-state index in [0.717, 1.165) is 32.1 Å². The second kappa shape index (κ2) is 10.5. The molecule has 0 bridgehead atoms. The molecule has 1 aliphatic carbocycles. The van der Waals surface area contributed by atoms with Crippen molar-refractivity contribution < 1.29 is 24.5 Å². The van der Waals surface area contributed by atoms with Gasteiger partial charge >= 0.3 is 0 Å². The number of allylic oxidation sites excluding steroid dienone is 3. The third-order valence-electron chi connectivity index (χ3n) is 5.72. The Kier molecular flexibility index (Phi) is 8.64. The number of aliphatic hydroxyl groups excluding tert-OH is 1. The zero-order chi connectivity index (χ0) is 21.5. The molecule has 2 rings (SSSR count). The number of hydrogen-bond donors (Lipinski definition) is 3. The Morgan fingerprint density at radius 3 is 2.62 bits per heavy atom. The van der Waals surface area contributed by atoms with Gasteiger partial charge in [0.1, 0.15) is 5.60 Å². The summed E-state index contributed by atoms with van der Waals surface area (Å²) in [7, 11) is 0. The van der Waals surface area contributed by atoms with Crippen molar-refractivity contribution in [3.63, 3.8) is 0 Å². The summed E-state index contributed by atoms with van der Waals surface area (Å²) in [4.78, 5) is 24.5. The van der Waals surface area contributed by atoms with Gasteiger partial charge in [0.15, 0.2) is 17.7 Å². The van der Waals surface area contributed by atoms with E-state index in [1.807, 2.05) is 6.92 Å². The van der Waals surface area contributed by atoms with E-state index in [1.165, 1.54) is 31.6 Å². The molecule has 7 heteroatoms. The number of unbranched alkanes of at least 4 members (excludes halogenated alkanes) is 5. The Morgan fingerprint density at radius 2 is 1.97 bits per heavy atom. The number of hydrogen-bond acceptors (Lipinski definition) is 5. The molecule has 6 nitrogen and oxygen atoms in total. The summed E-state index contributed by atoms with van der Waals surface area (Å²) >= 11 is 6.21. The number of ether oxygens (including phenoxy) is 1. The van der Waals surface area contributed by atoms with Crippen LogP contribution in [0.5, 0.6) is 0 Å². The fourth-order valence-electron chi connectivity index (χ4n) is 3.77. The molecule has 1 fully saturated rings. The molecule has 0 saturated carbocycles. The number of fused-ring (bicyclic) bond motifs is 1. The molecule has 0 aromatic heterocycles. The number of rotatable bonds is 9. The van der Waals surface area contributed by atoms with Crippen LogP contribution in [0.1, 0.15) is 58.8 Å². The van der Waals surface area contributed by atoms with Crippen LogP contribution in [0.3, 0.4) is 0 Å². The lowest BCUT2D eigenvalue weighted by Gasteiger charge is -2.53. The summed E-state index contributed by atoms with van der Waals surface area (Å²) in [5.74, 6) is -0.952. The van der Waals surface area contributed by atoms with Gasteiger partial charge in [-0.15, -0.1) is 11.6 Å². The second-order valence-electron chi connectivity index (χ2n) is 7.88. The van der Waals surface area contributed by atoms with E-state index in [9.17, 15) is 19.8 Å². The molecule has 1 aliphatic heterocycles. The monoisotopic (exact) mass is 425 g/mol. The number of carbonyl (C=O) groups is 2. The Balaban J connectivity index is 1.82. The molecule has 0 aromatic rings. The van der Waals surface area contributed by atoms with E-state index in [4.69, 9.17) is 16.3 Å². The largest absolute Gasteiger partial charge is 0.378 e. The maximum Gasteiger partial charge on any atom is 0.244 e. The Morgan fingerprint density at radius 1 is 1.31 bits per heavy atom. The molecular weight excluding hydrogens is 394 g/mol. The van der Waals surface area contributed by atoms with Crippen molar-refractivity contribution >= 4 is 23.3 Å². The molecule has 1 saturated heterocycles. The number of halogens is 1. The van der Waals surface area contributed by atoms with Gasteiger partial charge in [-0.3, -0.25) is 9.59 Å². The lowest BCUT2D eigenvalue weighted by molar-refractivity contribution is -0.281. The number of nitrogens with one attached hydrogen (secondary N) is 1. The van der Waals surface area contributed by atoms with Crippen molar-refractivity contribution in [1.82, 2.24) is 5.32 Å². The first-order chi connectivity index (χ1) is 13.7. The Labute approximate surface area is 177 Å². The molecular formula is C22H32ClNO5. The van der Waals surface area contributed by atoms with Crippen LogP contribution in [0, 0.1) is 0 Å². The lowest BCUT2D eigenvalue weighted by atomic mass is 9.69. The molecule has 1 heterocycles. The summed E-state index contributed by atoms with van der Waals surface area (Å²) in [5.41, 5.74) is -3.38. The topological polar surface area (TPSA) is 95.9 Å². The van der Waals surface area contributed by atoms with Crippen molar-refractivity contribution in [3.8, 4) is 0 Å². The lowest BCUT2D eigenvalue weighted by Crippen LogP contribution is -2.72. The summed E-state index contributed by atoms with van der Waals surface area (Å²) in [6.07, 6.45) is 14.9. The van der Waals surface area contributed by atoms with Gasteiger partial charge in [-0.25, -0.2) is 0 Å². The Hall–Kier alpha value is -1.47. The summed E-state index contributed by atoms with van der Waals surface area (Å²) < 4.78 is 5.53. The minimum absolute atomic E-state index is 0.178. The zero-order valence-electron chi connectivity index (χ0n) is 17.1. The van der Waals surface area contributed by atoms with Gasteiger partial charge < -0.3 is 20.3 Å². The van der Waals surface area contributed by atoms with Gasteiger partial charge in [-0.05, 0) is 51.7 Å². The predicted octanol–water partition coefficient (Wildman–Crippen LogP) is 2.92. The predicted molar refractivity (Wildman–Crippen MR) is 112 cm³/mol. The summed E-state index contributed by atoms with van der Waals surface area (Å²) in [5, 5.41) is 23.1. The molecule has 0 unspecified atom stereocenters. The van der Waals surface area contributed by atoms with Gasteiger partial charge in [0, 0.05) is 6.42 Å². The summed E-state index contributed by atoms with van der Waals surface area (Å²) in [6.45, 7) is 3.51. The van der Waals surface area contributed by atoms with Crippen molar-refractivity contribution in [3.05, 3.63) is 36.5 Å². The highest BCUT2D eigenvalue weighted by atomic mass is 35.5. The van der Waals surface area contributed by atoms with Crippen molar-refractivity contribution in [2.24, 2.45) is 0 Å². The van der Waals surface area contributed by atoms with Crippen LogP contribution in [0.2, 0.25) is 0 Å². The van der Waals surface area contributed by atoms with Crippen LogP contribution in [0.25, 0.3) is 0 Å². The molecule has 5 atom stereocenters. The minimum atomic E-state index is -1.91. The van der Waals surface area contributed by atoms with E-state index in [1.54, 1.807) is 6.08 Å². The third kappa shape index (κ3) is 5.57. The highest BCUT2D eigenvalue weighted by Gasteiger charge is 2.63. The van der Waals surface area contributed by atoms with Crippen LogP contribution in [0.15, 0.2) is 36.5 Å². The van der Waals surface area contributed by atoms with Gasteiger partial charge in [-0.1, -0.05) is 37.1 Å². The SMILES string of the molecule is C/C=C/CCCCCC/C=C/C(=O)N[C@H]1C[C@@]2(O)C(=O)C=C[C@@H](Cl)[C@]2(C)O[C@H]1O. The van der Waals surface area contributed by atoms with E-state index >= 15 is 0 Å². The van der Waals surface area contributed by atoms with Crippen LogP contribution in [-0.2, 0) is 14.3 Å². The molecule has 3 N–H and O–H groups in total. The molecule has 0 aromatic carbocycles. The standard InChI is InChI=1S/C22H32ClNO5/c1-3-4-5-6-7-8-9-10-11-12-19(26)24-16-15-22(28)18(25)14-13-17(23)21(22,2)29-20(16)27/h3-4,11-14,16-17,20,27-28H,5-10,15H2,1-2H3,(H,24,26)/b4-3+,12-11+/t16-,17+,20+,21-,22+/m0/s1. The zero-order valence-corrected chi connectivity index (χ0v) is 17.9. The first-order valence-corrected chi connectivity index (χ1v) is 10.7. The summed E-state index contributed by atoms with van der Waals surface area (Å²) in [6, 6.07) is -0.920. The average molecular weight is 426 g/mol. The van der Waals surface area contributed by atoms with Gasteiger partial charge in [-0.2, -0.15) is 0 Å². The van der Waals surface area contributed by atoms with E-state index in [0.29, 0.717) is 0 Å². The van der Waals surface area contributed by atoms with Crippen LogP contribution >= 0.6 is 11.6 Å². The van der Waals surface area contributed by atoms with Crippen LogP contribution in [-0.4, -0.2) is 50.8 Å². The third-order valence-corrected chi connectivity index (χ3v) is 6.28. The minimum Gasteiger partial charge on any atom is -0.378 e. The molecule has 29 heavy (non-hydrogen) atoms. The quantitative estimate of drug-likeness (QED) is 0.228. The van der Waals surface area contributed by atoms with Crippen molar-refractivity contribution in [1.29, 1.82) is 0 Å². The van der Waals surface area contributed by atoms with Gasteiger partial charge in [0.2, 0.25) is 5.91 Å². The van der Waals surface area contributed by atoms with Crippen molar-refractivity contribution in [2.75, 3.05) is 0 Å². The van der Waals surface area contributed by atoms with Crippen LogP contribution in [0.4, 0.5) is 0 Å². The normalized spacial score (nSPS) is 34.7. The second-order valence-corrected chi connectivity index (χ2v) is 8.35. The highest BCUT2D eigenvalue weighted by Crippen LogP contribution is 2.45. The fourth-order valence-corrected chi connectivity index (χ4v) is 4.08. The number of ketones is 1. The maximum atomic E-state index is 12.3. The molecule has 0 radical (unpaired) electrons. The molecule has 162 valence electrons. The fraction of sp³-hybridized carbons (Fsp3) is 0.636. The van der Waals surface area contributed by atoms with E-state index in [-0.39, 0.29) is 6.42 Å². The Bertz CT molecular complexity index is 676. The molecule has 0 spiro atoms. The van der Waals surface area contributed by atoms with Gasteiger partial charge in [0.05, 0.1) is 11.4 Å².